The molecule has 1 fully saturated rings. The number of hydrogen-bond acceptors (Lipinski definition) is 3. The molecule has 0 spiro atoms. The van der Waals surface area contributed by atoms with Crippen molar-refractivity contribution in [1.82, 2.24) is 19.6 Å². The fourth-order valence-corrected chi connectivity index (χ4v) is 3.90. The summed E-state index contributed by atoms with van der Waals surface area (Å²) in [6, 6.07) is 16.4. The molecule has 140 valence electrons. The lowest BCUT2D eigenvalue weighted by molar-refractivity contribution is 0.0928. The monoisotopic (exact) mass is 362 g/mol. The summed E-state index contributed by atoms with van der Waals surface area (Å²) in [6.07, 6.45) is 4.14. The number of likely N-dealkylation sites (tertiary alicyclic amines) is 1. The fourth-order valence-electron chi connectivity index (χ4n) is 3.90. The van der Waals surface area contributed by atoms with Crippen molar-refractivity contribution in [2.45, 2.75) is 26.3 Å². The largest absolute Gasteiger partial charge is 0.350 e. The van der Waals surface area contributed by atoms with E-state index in [1.807, 2.05) is 35.7 Å². The van der Waals surface area contributed by atoms with Crippen LogP contribution in [-0.4, -0.2) is 39.8 Å². The van der Waals surface area contributed by atoms with Crippen LogP contribution in [0.4, 0.5) is 0 Å². The van der Waals surface area contributed by atoms with E-state index < -0.39 is 0 Å². The number of carbonyl (C=O) groups excluding carboxylic acids is 1. The molecule has 0 radical (unpaired) electrons. The smallest absolute Gasteiger partial charge is 0.270 e. The lowest BCUT2D eigenvalue weighted by atomic mass is 9.96. The van der Waals surface area contributed by atoms with Gasteiger partial charge in [0.25, 0.3) is 5.91 Å². The Balaban J connectivity index is 1.29. The summed E-state index contributed by atoms with van der Waals surface area (Å²) in [6.45, 7) is 5.82. The number of amides is 1. The quantitative estimate of drug-likeness (QED) is 0.758. The molecule has 0 saturated carbocycles. The van der Waals surface area contributed by atoms with Gasteiger partial charge in [-0.25, -0.2) is 4.98 Å². The van der Waals surface area contributed by atoms with Gasteiger partial charge in [-0.2, -0.15) is 0 Å². The Bertz CT molecular complexity index is 910. The van der Waals surface area contributed by atoms with E-state index >= 15 is 0 Å². The SMILES string of the molecule is Cc1nc2ccccn2c1C(=O)NCC1CCN(Cc2ccccc2)CC1. The number of nitrogens with one attached hydrogen (secondary N) is 1. The summed E-state index contributed by atoms with van der Waals surface area (Å²) in [5, 5.41) is 3.13. The zero-order valence-corrected chi connectivity index (χ0v) is 15.8. The van der Waals surface area contributed by atoms with Crippen LogP contribution >= 0.6 is 0 Å². The molecule has 0 bridgehead atoms. The first-order chi connectivity index (χ1) is 13.2. The maximum absolute atomic E-state index is 12.7. The first-order valence-corrected chi connectivity index (χ1v) is 9.69. The van der Waals surface area contributed by atoms with Gasteiger partial charge in [-0.05, 0) is 56.5 Å². The number of pyridine rings is 1. The summed E-state index contributed by atoms with van der Waals surface area (Å²) in [4.78, 5) is 19.7. The Hall–Kier alpha value is -2.66. The van der Waals surface area contributed by atoms with E-state index in [0.717, 1.165) is 50.4 Å². The maximum atomic E-state index is 12.7. The Morgan fingerprint density at radius 2 is 1.85 bits per heavy atom. The second-order valence-electron chi connectivity index (χ2n) is 7.39. The molecular weight excluding hydrogens is 336 g/mol. The van der Waals surface area contributed by atoms with Crippen molar-refractivity contribution in [3.8, 4) is 0 Å². The molecule has 1 N–H and O–H groups in total. The second kappa shape index (κ2) is 7.92. The Kier molecular flexibility index (Phi) is 5.21. The Labute approximate surface area is 160 Å². The summed E-state index contributed by atoms with van der Waals surface area (Å²) in [5.41, 5.74) is 3.60. The Morgan fingerprint density at radius 3 is 2.63 bits per heavy atom. The molecule has 1 aliphatic heterocycles. The van der Waals surface area contributed by atoms with Crippen molar-refractivity contribution in [1.29, 1.82) is 0 Å². The van der Waals surface area contributed by atoms with Crippen LogP contribution in [0.1, 0.15) is 34.6 Å². The predicted molar refractivity (Wildman–Crippen MR) is 107 cm³/mol. The lowest BCUT2D eigenvalue weighted by Crippen LogP contribution is -2.38. The van der Waals surface area contributed by atoms with E-state index in [9.17, 15) is 4.79 Å². The van der Waals surface area contributed by atoms with Crippen LogP contribution in [0.15, 0.2) is 54.7 Å². The first kappa shape index (κ1) is 17.7. The number of rotatable bonds is 5. The van der Waals surface area contributed by atoms with Gasteiger partial charge in [0.05, 0.1) is 5.69 Å². The van der Waals surface area contributed by atoms with Crippen LogP contribution < -0.4 is 5.32 Å². The average molecular weight is 362 g/mol. The molecule has 1 aromatic carbocycles. The molecule has 0 unspecified atom stereocenters. The molecule has 1 amide bonds. The van der Waals surface area contributed by atoms with Crippen molar-refractivity contribution in [3.05, 3.63) is 71.7 Å². The normalized spacial score (nSPS) is 15.9. The van der Waals surface area contributed by atoms with Crippen molar-refractivity contribution < 1.29 is 4.79 Å². The topological polar surface area (TPSA) is 49.6 Å². The zero-order chi connectivity index (χ0) is 18.6. The van der Waals surface area contributed by atoms with E-state index in [4.69, 9.17) is 0 Å². The third-order valence-electron chi connectivity index (χ3n) is 5.43. The predicted octanol–water partition coefficient (Wildman–Crippen LogP) is 3.28. The number of carbonyl (C=O) groups is 1. The second-order valence-corrected chi connectivity index (χ2v) is 7.39. The number of fused-ring (bicyclic) bond motifs is 1. The van der Waals surface area contributed by atoms with E-state index in [-0.39, 0.29) is 5.91 Å². The van der Waals surface area contributed by atoms with Gasteiger partial charge >= 0.3 is 0 Å². The van der Waals surface area contributed by atoms with E-state index in [1.54, 1.807) is 0 Å². The van der Waals surface area contributed by atoms with Gasteiger partial charge in [0.15, 0.2) is 0 Å². The van der Waals surface area contributed by atoms with Gasteiger partial charge in [0.1, 0.15) is 11.3 Å². The zero-order valence-electron chi connectivity index (χ0n) is 15.8. The summed E-state index contributed by atoms with van der Waals surface area (Å²) in [5.74, 6) is 0.512. The highest BCUT2D eigenvalue weighted by molar-refractivity contribution is 5.94. The average Bonchev–Trinajstić information content (AvgIpc) is 3.04. The Morgan fingerprint density at radius 1 is 1.11 bits per heavy atom. The van der Waals surface area contributed by atoms with Gasteiger partial charge in [-0.1, -0.05) is 36.4 Å². The molecule has 3 aromatic rings. The fraction of sp³-hybridized carbons (Fsp3) is 0.364. The van der Waals surface area contributed by atoms with Gasteiger partial charge in [0.2, 0.25) is 0 Å². The standard InChI is InChI=1S/C22H26N4O/c1-17-21(26-12-6-5-9-20(26)24-17)22(27)23-15-18-10-13-25(14-11-18)16-19-7-3-2-4-8-19/h2-9,12,18H,10-11,13-16H2,1H3,(H,23,27). The minimum Gasteiger partial charge on any atom is -0.350 e. The molecule has 5 nitrogen and oxygen atoms in total. The minimum atomic E-state index is -0.0297. The van der Waals surface area contributed by atoms with Crippen LogP contribution in [0, 0.1) is 12.8 Å². The highest BCUT2D eigenvalue weighted by Gasteiger charge is 2.21. The molecule has 0 aliphatic carbocycles. The molecule has 4 rings (SSSR count). The van der Waals surface area contributed by atoms with Gasteiger partial charge in [-0.3, -0.25) is 14.1 Å². The molecular formula is C22H26N4O. The molecule has 2 aromatic heterocycles. The highest BCUT2D eigenvalue weighted by atomic mass is 16.1. The summed E-state index contributed by atoms with van der Waals surface area (Å²) < 4.78 is 1.87. The van der Waals surface area contributed by atoms with Gasteiger partial charge in [-0.15, -0.1) is 0 Å². The molecule has 1 saturated heterocycles. The summed E-state index contributed by atoms with van der Waals surface area (Å²) >= 11 is 0. The molecule has 3 heterocycles. The third-order valence-corrected chi connectivity index (χ3v) is 5.43. The van der Waals surface area contributed by atoms with Crippen LogP contribution in [0.2, 0.25) is 0 Å². The van der Waals surface area contributed by atoms with Crippen molar-refractivity contribution in [3.63, 3.8) is 0 Å². The van der Waals surface area contributed by atoms with Crippen LogP contribution in [-0.2, 0) is 6.54 Å². The number of nitrogens with zero attached hydrogens (tertiary/aromatic N) is 3. The number of hydrogen-bond donors (Lipinski definition) is 1. The summed E-state index contributed by atoms with van der Waals surface area (Å²) in [7, 11) is 0. The van der Waals surface area contributed by atoms with Crippen molar-refractivity contribution >= 4 is 11.6 Å². The van der Waals surface area contributed by atoms with Crippen LogP contribution in [0.3, 0.4) is 0 Å². The number of benzene rings is 1. The molecule has 5 heteroatoms. The minimum absolute atomic E-state index is 0.0297. The lowest BCUT2D eigenvalue weighted by Gasteiger charge is -2.32. The maximum Gasteiger partial charge on any atom is 0.270 e. The number of imidazole rings is 1. The van der Waals surface area contributed by atoms with E-state index in [2.05, 4.69) is 45.5 Å². The number of piperidine rings is 1. The van der Waals surface area contributed by atoms with Gasteiger partial charge in [0, 0.05) is 19.3 Å². The van der Waals surface area contributed by atoms with Gasteiger partial charge < -0.3 is 5.32 Å². The van der Waals surface area contributed by atoms with E-state index in [1.165, 1.54) is 5.56 Å². The number of aromatic nitrogens is 2. The molecule has 27 heavy (non-hydrogen) atoms. The van der Waals surface area contributed by atoms with Crippen molar-refractivity contribution in [2.75, 3.05) is 19.6 Å². The number of aryl methyl sites for hydroxylation is 1. The highest BCUT2D eigenvalue weighted by Crippen LogP contribution is 2.19. The van der Waals surface area contributed by atoms with Crippen LogP contribution in [0.5, 0.6) is 0 Å². The first-order valence-electron chi connectivity index (χ1n) is 9.69. The van der Waals surface area contributed by atoms with Crippen LogP contribution in [0.25, 0.3) is 5.65 Å². The molecule has 0 atom stereocenters. The van der Waals surface area contributed by atoms with Crippen molar-refractivity contribution in [2.24, 2.45) is 5.92 Å². The molecule has 1 aliphatic rings. The third kappa shape index (κ3) is 4.03. The van der Waals surface area contributed by atoms with E-state index in [0.29, 0.717) is 11.6 Å².